The van der Waals surface area contributed by atoms with Crippen molar-refractivity contribution in [2.75, 3.05) is 11.6 Å². The Morgan fingerprint density at radius 3 is 2.67 bits per heavy atom. The summed E-state index contributed by atoms with van der Waals surface area (Å²) >= 11 is 1.44. The summed E-state index contributed by atoms with van der Waals surface area (Å²) in [4.78, 5) is 30.0. The number of thioether (sulfide) groups is 1. The summed E-state index contributed by atoms with van der Waals surface area (Å²) in [6.45, 7) is 3.76. The van der Waals surface area contributed by atoms with Crippen LogP contribution >= 0.6 is 11.8 Å². The van der Waals surface area contributed by atoms with Gasteiger partial charge in [0.2, 0.25) is 11.1 Å². The fourth-order valence-corrected chi connectivity index (χ4v) is 3.42. The number of carbonyl (C=O) groups is 1. The maximum absolute atomic E-state index is 12.6. The summed E-state index contributed by atoms with van der Waals surface area (Å²) < 4.78 is 1.66. The highest BCUT2D eigenvalue weighted by Gasteiger charge is 2.16. The Morgan fingerprint density at radius 2 is 1.97 bits per heavy atom. The summed E-state index contributed by atoms with van der Waals surface area (Å²) in [5, 5.41) is 17.4. The van der Waals surface area contributed by atoms with Gasteiger partial charge in [-0.1, -0.05) is 23.9 Å². The first-order valence-electron chi connectivity index (χ1n) is 9.12. The van der Waals surface area contributed by atoms with Gasteiger partial charge in [-0.15, -0.1) is 5.10 Å². The molecule has 4 rings (SSSR count). The molecule has 152 valence electrons. The average Bonchev–Trinajstić information content (AvgIpc) is 3.15. The minimum absolute atomic E-state index is 0.141. The zero-order chi connectivity index (χ0) is 21.3. The highest BCUT2D eigenvalue weighted by atomic mass is 32.2. The van der Waals surface area contributed by atoms with E-state index in [2.05, 4.69) is 30.4 Å². The number of phenolic OH excluding ortho intramolecular Hbond substituents is 1. The zero-order valence-corrected chi connectivity index (χ0v) is 17.4. The topological polar surface area (TPSA) is 118 Å². The van der Waals surface area contributed by atoms with E-state index in [9.17, 15) is 9.90 Å². The van der Waals surface area contributed by atoms with Crippen molar-refractivity contribution in [1.29, 1.82) is 0 Å². The quantitative estimate of drug-likeness (QED) is 0.472. The van der Waals surface area contributed by atoms with Crippen molar-refractivity contribution in [3.05, 3.63) is 53.6 Å². The number of anilines is 1. The summed E-state index contributed by atoms with van der Waals surface area (Å²) in [7, 11) is 0. The number of hydrogen-bond donors (Lipinski definition) is 2. The lowest BCUT2D eigenvalue weighted by molar-refractivity contribution is -0.115. The Balaban J connectivity index is 1.51. The maximum atomic E-state index is 12.6. The molecule has 2 N–H and O–H groups in total. The number of aromatic nitrogens is 6. The van der Waals surface area contributed by atoms with E-state index in [4.69, 9.17) is 0 Å². The van der Waals surface area contributed by atoms with E-state index in [0.717, 1.165) is 17.0 Å². The number of hydrogen-bond acceptors (Lipinski definition) is 8. The van der Waals surface area contributed by atoms with Crippen molar-refractivity contribution >= 4 is 29.1 Å². The molecule has 0 aliphatic carbocycles. The van der Waals surface area contributed by atoms with Gasteiger partial charge in [-0.05, 0) is 32.2 Å². The number of nitrogens with one attached hydrogen (secondary N) is 1. The van der Waals surface area contributed by atoms with E-state index in [1.807, 2.05) is 20.1 Å². The molecule has 0 unspecified atom stereocenters. The van der Waals surface area contributed by atoms with Crippen LogP contribution < -0.4 is 5.32 Å². The molecule has 9 nitrogen and oxygen atoms in total. The van der Waals surface area contributed by atoms with Crippen molar-refractivity contribution < 1.29 is 9.90 Å². The van der Waals surface area contributed by atoms with Gasteiger partial charge in [-0.2, -0.15) is 4.98 Å². The molecule has 0 aliphatic rings. The molecule has 3 heterocycles. The van der Waals surface area contributed by atoms with Gasteiger partial charge in [0.15, 0.2) is 5.82 Å². The molecule has 0 saturated carbocycles. The number of carbonyl (C=O) groups excluding carboxylic acids is 1. The number of phenols is 1. The summed E-state index contributed by atoms with van der Waals surface area (Å²) in [5.74, 6) is 0.915. The molecule has 1 amide bonds. The number of amides is 1. The third-order valence-corrected chi connectivity index (χ3v) is 5.13. The van der Waals surface area contributed by atoms with E-state index in [0.29, 0.717) is 28.0 Å². The van der Waals surface area contributed by atoms with Crippen LogP contribution in [0.5, 0.6) is 5.75 Å². The Bertz CT molecular complexity index is 1240. The zero-order valence-electron chi connectivity index (χ0n) is 16.6. The van der Waals surface area contributed by atoms with Gasteiger partial charge in [0.25, 0.3) is 5.78 Å². The summed E-state index contributed by atoms with van der Waals surface area (Å²) in [5.41, 5.74) is 3.55. The van der Waals surface area contributed by atoms with Crippen LogP contribution in [0.3, 0.4) is 0 Å². The molecule has 0 spiro atoms. The molecule has 10 heteroatoms. The Hall–Kier alpha value is -3.53. The molecule has 4 aromatic rings. The van der Waals surface area contributed by atoms with E-state index < -0.39 is 0 Å². The third kappa shape index (κ3) is 3.94. The predicted molar refractivity (Wildman–Crippen MR) is 114 cm³/mol. The van der Waals surface area contributed by atoms with Crippen LogP contribution in [0.25, 0.3) is 17.2 Å². The standard InChI is InChI=1S/C20H19N7O2S/c1-11-16(12(2)27-19(23-11)25-20(26-27)30-3)8-17(29)24-14-9-21-18(22-10-14)13-5-4-6-15(28)7-13/h4-7,9-10,28H,8H2,1-3H3,(H,24,29). The number of rotatable bonds is 5. The Kier molecular flexibility index (Phi) is 5.32. The largest absolute Gasteiger partial charge is 0.508 e. The molecule has 0 radical (unpaired) electrons. The van der Waals surface area contributed by atoms with Crippen molar-refractivity contribution in [3.63, 3.8) is 0 Å². The van der Waals surface area contributed by atoms with Gasteiger partial charge >= 0.3 is 0 Å². The number of fused-ring (bicyclic) bond motifs is 1. The SMILES string of the molecule is CSc1nc2nc(C)c(CC(=O)Nc3cnc(-c4cccc(O)c4)nc3)c(C)n2n1. The van der Waals surface area contributed by atoms with Crippen LogP contribution in [0.4, 0.5) is 5.69 Å². The van der Waals surface area contributed by atoms with Crippen molar-refractivity contribution in [1.82, 2.24) is 29.5 Å². The van der Waals surface area contributed by atoms with Gasteiger partial charge < -0.3 is 10.4 Å². The van der Waals surface area contributed by atoms with Gasteiger partial charge in [-0.25, -0.2) is 19.5 Å². The average molecular weight is 421 g/mol. The lowest BCUT2D eigenvalue weighted by Gasteiger charge is -2.10. The normalized spacial score (nSPS) is 11.0. The summed E-state index contributed by atoms with van der Waals surface area (Å²) in [6, 6.07) is 6.68. The highest BCUT2D eigenvalue weighted by Crippen LogP contribution is 2.21. The first-order valence-corrected chi connectivity index (χ1v) is 10.3. The fraction of sp³-hybridized carbons (Fsp3) is 0.200. The van der Waals surface area contributed by atoms with Crippen molar-refractivity contribution in [3.8, 4) is 17.1 Å². The molecule has 0 bridgehead atoms. The van der Waals surface area contributed by atoms with Gasteiger partial charge in [0, 0.05) is 22.5 Å². The van der Waals surface area contributed by atoms with Gasteiger partial charge in [-0.3, -0.25) is 4.79 Å². The van der Waals surface area contributed by atoms with Crippen LogP contribution in [0.1, 0.15) is 17.0 Å². The molecular formula is C20H19N7O2S. The maximum Gasteiger partial charge on any atom is 0.253 e. The third-order valence-electron chi connectivity index (χ3n) is 4.59. The molecule has 0 fully saturated rings. The minimum atomic E-state index is -0.207. The van der Waals surface area contributed by atoms with Crippen LogP contribution in [0.15, 0.2) is 41.8 Å². The molecular weight excluding hydrogens is 402 g/mol. The molecule has 1 aromatic carbocycles. The predicted octanol–water partition coefficient (Wildman–Crippen LogP) is 2.81. The minimum Gasteiger partial charge on any atom is -0.508 e. The van der Waals surface area contributed by atoms with Crippen molar-refractivity contribution in [2.24, 2.45) is 0 Å². The number of aryl methyl sites for hydroxylation is 2. The van der Waals surface area contributed by atoms with Crippen LogP contribution in [0, 0.1) is 13.8 Å². The molecule has 0 atom stereocenters. The highest BCUT2D eigenvalue weighted by molar-refractivity contribution is 7.98. The van der Waals surface area contributed by atoms with Crippen LogP contribution in [-0.4, -0.2) is 46.8 Å². The number of nitrogens with zero attached hydrogens (tertiary/aromatic N) is 6. The van der Waals surface area contributed by atoms with E-state index in [1.165, 1.54) is 24.2 Å². The second-order valence-electron chi connectivity index (χ2n) is 6.64. The lowest BCUT2D eigenvalue weighted by Crippen LogP contribution is -2.18. The van der Waals surface area contributed by atoms with Gasteiger partial charge in [0.05, 0.1) is 24.5 Å². The van der Waals surface area contributed by atoms with Crippen LogP contribution in [0.2, 0.25) is 0 Å². The number of aromatic hydroxyl groups is 1. The van der Waals surface area contributed by atoms with Gasteiger partial charge in [0.1, 0.15) is 5.75 Å². The van der Waals surface area contributed by atoms with Crippen molar-refractivity contribution in [2.45, 2.75) is 25.4 Å². The molecule has 3 aromatic heterocycles. The lowest BCUT2D eigenvalue weighted by atomic mass is 10.1. The summed E-state index contributed by atoms with van der Waals surface area (Å²) in [6.07, 6.45) is 5.11. The molecule has 0 aliphatic heterocycles. The van der Waals surface area contributed by atoms with E-state index in [1.54, 1.807) is 28.8 Å². The second-order valence-corrected chi connectivity index (χ2v) is 7.42. The first kappa shape index (κ1) is 19.8. The smallest absolute Gasteiger partial charge is 0.253 e. The monoisotopic (exact) mass is 421 g/mol. The molecule has 30 heavy (non-hydrogen) atoms. The Morgan fingerprint density at radius 1 is 1.20 bits per heavy atom. The van der Waals surface area contributed by atoms with Crippen LogP contribution in [-0.2, 0) is 11.2 Å². The second kappa shape index (κ2) is 8.07. The fourth-order valence-electron chi connectivity index (χ4n) is 3.08. The number of benzene rings is 1. The first-order chi connectivity index (χ1) is 14.4. The van der Waals surface area contributed by atoms with E-state index in [-0.39, 0.29) is 18.1 Å². The molecule has 0 saturated heterocycles. The van der Waals surface area contributed by atoms with E-state index >= 15 is 0 Å². The Labute approximate surface area is 176 Å².